The summed E-state index contributed by atoms with van der Waals surface area (Å²) in [5.41, 5.74) is 0.301. The first-order valence-electron chi connectivity index (χ1n) is 8.67. The topological polar surface area (TPSA) is 59.5 Å². The fourth-order valence-electron chi connectivity index (χ4n) is 3.92. The van der Waals surface area contributed by atoms with Gasteiger partial charge in [-0.2, -0.15) is 0 Å². The molecule has 7 heteroatoms. The third kappa shape index (κ3) is 3.58. The predicted octanol–water partition coefficient (Wildman–Crippen LogP) is 5.27. The number of rotatable bonds is 4. The van der Waals surface area contributed by atoms with E-state index in [-0.39, 0.29) is 37.4 Å². The van der Waals surface area contributed by atoms with Crippen molar-refractivity contribution >= 4 is 11.4 Å². The van der Waals surface area contributed by atoms with Gasteiger partial charge in [-0.3, -0.25) is 10.1 Å². The zero-order valence-electron chi connectivity index (χ0n) is 13.9. The van der Waals surface area contributed by atoms with Crippen molar-refractivity contribution in [3.63, 3.8) is 0 Å². The lowest BCUT2D eigenvalue weighted by atomic mass is 9.88. The summed E-state index contributed by atoms with van der Waals surface area (Å²) in [4.78, 5) is 14.8. The summed E-state index contributed by atoms with van der Waals surface area (Å²) in [6, 6.07) is 4.70. The molecule has 0 saturated heterocycles. The van der Waals surface area contributed by atoms with E-state index in [0.717, 1.165) is 25.7 Å². The second kappa shape index (κ2) is 6.58. The van der Waals surface area contributed by atoms with Crippen molar-refractivity contribution < 1.29 is 13.7 Å². The number of alkyl halides is 2. The van der Waals surface area contributed by atoms with Crippen LogP contribution < -0.4 is 5.32 Å². The molecule has 0 bridgehead atoms. The van der Waals surface area contributed by atoms with Crippen LogP contribution in [0.15, 0.2) is 18.2 Å². The first-order valence-corrected chi connectivity index (χ1v) is 8.67. The van der Waals surface area contributed by atoms with E-state index >= 15 is 0 Å². The Morgan fingerprint density at radius 3 is 2.40 bits per heavy atom. The Balaban J connectivity index is 1.83. The van der Waals surface area contributed by atoms with E-state index in [1.165, 1.54) is 6.07 Å². The van der Waals surface area contributed by atoms with Gasteiger partial charge < -0.3 is 10.2 Å². The van der Waals surface area contributed by atoms with Crippen molar-refractivity contribution in [3.05, 3.63) is 45.3 Å². The highest BCUT2D eigenvalue weighted by molar-refractivity contribution is 5.64. The monoisotopic (exact) mass is 349 g/mol. The molecule has 1 aromatic rings. The molecule has 1 aromatic carbocycles. The molecule has 3 rings (SSSR count). The molecule has 0 aromatic heterocycles. The summed E-state index contributed by atoms with van der Waals surface area (Å²) in [6.07, 6.45) is 3.53. The van der Waals surface area contributed by atoms with Crippen LogP contribution >= 0.6 is 0 Å². The van der Waals surface area contributed by atoms with E-state index in [4.69, 9.17) is 6.57 Å². The number of nitrogens with zero attached hydrogens (tertiary/aromatic N) is 2. The Morgan fingerprint density at radius 1 is 1.20 bits per heavy atom. The van der Waals surface area contributed by atoms with Crippen molar-refractivity contribution in [3.8, 4) is 0 Å². The van der Waals surface area contributed by atoms with Gasteiger partial charge in [0, 0.05) is 43.4 Å². The van der Waals surface area contributed by atoms with Gasteiger partial charge in [0.15, 0.2) is 0 Å². The first kappa shape index (κ1) is 17.6. The highest BCUT2D eigenvalue weighted by Gasteiger charge is 2.43. The maximum atomic E-state index is 13.3. The molecular formula is C18H21F2N3O2. The smallest absolute Gasteiger partial charge is 0.292 e. The van der Waals surface area contributed by atoms with E-state index in [1.54, 1.807) is 12.1 Å². The quantitative estimate of drug-likeness (QED) is 0.457. The molecule has 5 nitrogen and oxygen atoms in total. The van der Waals surface area contributed by atoms with Crippen LogP contribution in [0, 0.1) is 16.7 Å². The van der Waals surface area contributed by atoms with Gasteiger partial charge in [-0.1, -0.05) is 0 Å². The fraction of sp³-hybridized carbons (Fsp3) is 0.611. The van der Waals surface area contributed by atoms with Crippen LogP contribution in [0.4, 0.5) is 20.2 Å². The summed E-state index contributed by atoms with van der Waals surface area (Å²) in [5.74, 6) is -2.63. The zero-order chi connectivity index (χ0) is 18.1. The van der Waals surface area contributed by atoms with Gasteiger partial charge in [0.2, 0.25) is 5.92 Å². The van der Waals surface area contributed by atoms with Gasteiger partial charge in [0.1, 0.15) is 5.69 Å². The Kier molecular flexibility index (Phi) is 4.63. The normalized spacial score (nSPS) is 22.3. The van der Waals surface area contributed by atoms with E-state index in [0.29, 0.717) is 11.3 Å². The predicted molar refractivity (Wildman–Crippen MR) is 90.7 cm³/mol. The van der Waals surface area contributed by atoms with Crippen LogP contribution in [0.3, 0.4) is 0 Å². The van der Waals surface area contributed by atoms with Gasteiger partial charge in [-0.15, -0.1) is 0 Å². The summed E-state index contributed by atoms with van der Waals surface area (Å²) in [6.45, 7) is 7.53. The lowest BCUT2D eigenvalue weighted by molar-refractivity contribution is -0.384. The number of nitro groups is 1. The molecular weight excluding hydrogens is 328 g/mol. The highest BCUT2D eigenvalue weighted by Crippen LogP contribution is 2.44. The van der Waals surface area contributed by atoms with Gasteiger partial charge in [0.25, 0.3) is 11.2 Å². The molecule has 2 aliphatic rings. The number of hydrogen-bond acceptors (Lipinski definition) is 3. The minimum absolute atomic E-state index is 0.0789. The number of halogens is 2. The molecule has 0 heterocycles. The second-order valence-corrected chi connectivity index (χ2v) is 7.11. The van der Waals surface area contributed by atoms with Gasteiger partial charge in [0.05, 0.1) is 4.92 Å². The van der Waals surface area contributed by atoms with Crippen molar-refractivity contribution in [2.75, 3.05) is 5.32 Å². The Bertz CT molecular complexity index is 699. The molecule has 0 atom stereocenters. The number of benzene rings is 1. The van der Waals surface area contributed by atoms with Crippen LogP contribution in [-0.4, -0.2) is 16.9 Å². The van der Waals surface area contributed by atoms with Crippen molar-refractivity contribution in [2.24, 2.45) is 0 Å². The number of hydrogen-bond donors (Lipinski definition) is 1. The fourth-order valence-corrected chi connectivity index (χ4v) is 3.92. The maximum Gasteiger partial charge on any atom is 0.292 e. The van der Waals surface area contributed by atoms with Gasteiger partial charge in [-0.05, 0) is 37.8 Å². The number of nitro benzene ring substituents is 1. The third-order valence-electron chi connectivity index (χ3n) is 5.45. The van der Waals surface area contributed by atoms with Gasteiger partial charge in [-0.25, -0.2) is 15.4 Å². The van der Waals surface area contributed by atoms with Crippen LogP contribution in [0.2, 0.25) is 0 Å². The number of anilines is 1. The first-order chi connectivity index (χ1) is 11.9. The van der Waals surface area contributed by atoms with Gasteiger partial charge >= 0.3 is 0 Å². The van der Waals surface area contributed by atoms with Crippen LogP contribution in [0.5, 0.6) is 0 Å². The SMILES string of the molecule is [C-]#[N+]C1(c2ccc(NC3CCC(F)(F)CC3)c([N+](=O)[O-])c2)CCCC1. The van der Waals surface area contributed by atoms with E-state index < -0.39 is 16.4 Å². The minimum atomic E-state index is -2.63. The van der Waals surface area contributed by atoms with E-state index in [1.807, 2.05) is 0 Å². The average Bonchev–Trinajstić information content (AvgIpc) is 3.07. The molecule has 0 radical (unpaired) electrons. The molecule has 0 spiro atoms. The Morgan fingerprint density at radius 2 is 1.84 bits per heavy atom. The van der Waals surface area contributed by atoms with E-state index in [9.17, 15) is 18.9 Å². The summed E-state index contributed by atoms with van der Waals surface area (Å²) in [7, 11) is 0. The van der Waals surface area contributed by atoms with Crippen molar-refractivity contribution in [2.45, 2.75) is 68.9 Å². The Labute approximate surface area is 145 Å². The molecule has 2 fully saturated rings. The molecule has 0 amide bonds. The molecule has 25 heavy (non-hydrogen) atoms. The van der Waals surface area contributed by atoms with Crippen molar-refractivity contribution in [1.29, 1.82) is 0 Å². The van der Waals surface area contributed by atoms with Crippen LogP contribution in [0.25, 0.3) is 4.85 Å². The van der Waals surface area contributed by atoms with Crippen molar-refractivity contribution in [1.82, 2.24) is 0 Å². The number of nitrogens with one attached hydrogen (secondary N) is 1. The second-order valence-electron chi connectivity index (χ2n) is 7.11. The zero-order valence-corrected chi connectivity index (χ0v) is 13.9. The van der Waals surface area contributed by atoms with Crippen LogP contribution in [-0.2, 0) is 5.54 Å². The lowest BCUT2D eigenvalue weighted by Gasteiger charge is -2.29. The molecule has 1 N–H and O–H groups in total. The largest absolute Gasteiger partial charge is 0.377 e. The molecule has 134 valence electrons. The minimum Gasteiger partial charge on any atom is -0.377 e. The molecule has 0 unspecified atom stereocenters. The molecule has 2 saturated carbocycles. The molecule has 2 aliphatic carbocycles. The highest BCUT2D eigenvalue weighted by atomic mass is 19.3. The third-order valence-corrected chi connectivity index (χ3v) is 5.45. The summed E-state index contributed by atoms with van der Waals surface area (Å²) in [5, 5.41) is 14.6. The standard InChI is InChI=1S/C18H21F2N3O2/c1-21-17(8-2-3-9-17)13-4-5-15(16(12-13)23(24)25)22-14-6-10-18(19,20)11-7-14/h4-5,12,14,22H,2-3,6-11H2. The Hall–Kier alpha value is -2.23. The summed E-state index contributed by atoms with van der Waals surface area (Å²) >= 11 is 0. The van der Waals surface area contributed by atoms with E-state index in [2.05, 4.69) is 10.2 Å². The lowest BCUT2D eigenvalue weighted by Crippen LogP contribution is -2.32. The average molecular weight is 349 g/mol. The summed E-state index contributed by atoms with van der Waals surface area (Å²) < 4.78 is 26.5. The molecule has 0 aliphatic heterocycles. The van der Waals surface area contributed by atoms with Crippen LogP contribution in [0.1, 0.15) is 56.9 Å². The maximum absolute atomic E-state index is 13.3.